The minimum absolute atomic E-state index is 0.0939. The number of rotatable bonds is 8. The largest absolute Gasteiger partial charge is 0.396 e. The molecule has 0 amide bonds. The van der Waals surface area contributed by atoms with Crippen LogP contribution >= 0.6 is 0 Å². The molecule has 1 heterocycles. The van der Waals surface area contributed by atoms with Crippen molar-refractivity contribution in [1.82, 2.24) is 9.78 Å². The van der Waals surface area contributed by atoms with E-state index in [0.29, 0.717) is 36.9 Å². The molecular formula is C14H24N4O3. The number of nitrogens with zero attached hydrogens (tertiary/aromatic N) is 4. The van der Waals surface area contributed by atoms with E-state index in [0.717, 1.165) is 25.7 Å². The molecule has 0 radical (unpaired) electrons. The van der Waals surface area contributed by atoms with Crippen LogP contribution in [0.4, 0.5) is 11.5 Å². The summed E-state index contributed by atoms with van der Waals surface area (Å²) in [5.41, 5.74) is 0.706. The summed E-state index contributed by atoms with van der Waals surface area (Å²) in [6.45, 7) is 2.72. The lowest BCUT2D eigenvalue weighted by Crippen LogP contribution is -2.42. The van der Waals surface area contributed by atoms with E-state index in [4.69, 9.17) is 5.11 Å². The van der Waals surface area contributed by atoms with Gasteiger partial charge in [-0.3, -0.25) is 10.1 Å². The average Bonchev–Trinajstić information content (AvgIpc) is 2.69. The van der Waals surface area contributed by atoms with Crippen molar-refractivity contribution in [1.29, 1.82) is 0 Å². The number of anilines is 1. The van der Waals surface area contributed by atoms with Crippen molar-refractivity contribution in [2.45, 2.75) is 51.5 Å². The first-order valence-electron chi connectivity index (χ1n) is 7.67. The lowest BCUT2D eigenvalue weighted by atomic mass is 9.91. The molecule has 0 unspecified atom stereocenters. The summed E-state index contributed by atoms with van der Waals surface area (Å²) in [4.78, 5) is 13.3. The fourth-order valence-electron chi connectivity index (χ4n) is 2.87. The van der Waals surface area contributed by atoms with Crippen LogP contribution in [0.15, 0.2) is 0 Å². The first-order valence-corrected chi connectivity index (χ1v) is 7.67. The second-order valence-corrected chi connectivity index (χ2v) is 5.60. The Morgan fingerprint density at radius 3 is 2.71 bits per heavy atom. The smallest absolute Gasteiger partial charge is 0.334 e. The van der Waals surface area contributed by atoms with Gasteiger partial charge in [-0.1, -0.05) is 13.3 Å². The normalized spacial score (nSPS) is 15.0. The van der Waals surface area contributed by atoms with E-state index in [9.17, 15) is 10.1 Å². The van der Waals surface area contributed by atoms with Gasteiger partial charge in [0.1, 0.15) is 5.69 Å². The Balaban J connectivity index is 2.39. The van der Waals surface area contributed by atoms with Crippen LogP contribution in [0, 0.1) is 10.1 Å². The molecule has 1 aliphatic carbocycles. The summed E-state index contributed by atoms with van der Waals surface area (Å²) in [5.74, 6) is 0.599. The highest BCUT2D eigenvalue weighted by molar-refractivity contribution is 5.62. The maximum absolute atomic E-state index is 11.5. The molecular weight excluding hydrogens is 272 g/mol. The van der Waals surface area contributed by atoms with Crippen LogP contribution in [-0.2, 0) is 13.5 Å². The standard InChI is InChI=1S/C14H24N4O3/c1-3-6-12-13(18(20)21)14(16(2)15-12)17(9-5-10-19)11-7-4-8-11/h11,19H,3-10H2,1-2H3. The summed E-state index contributed by atoms with van der Waals surface area (Å²) in [5, 5.41) is 25.0. The highest BCUT2D eigenvalue weighted by atomic mass is 16.6. The molecule has 1 aromatic heterocycles. The van der Waals surface area contributed by atoms with Gasteiger partial charge in [0.05, 0.1) is 4.92 Å². The number of hydrogen-bond acceptors (Lipinski definition) is 5. The molecule has 118 valence electrons. The molecule has 0 aromatic carbocycles. The maximum Gasteiger partial charge on any atom is 0.334 e. The van der Waals surface area contributed by atoms with E-state index in [1.165, 1.54) is 0 Å². The van der Waals surface area contributed by atoms with Crippen molar-refractivity contribution in [3.8, 4) is 0 Å². The second-order valence-electron chi connectivity index (χ2n) is 5.60. The van der Waals surface area contributed by atoms with Crippen LogP contribution in [0.5, 0.6) is 0 Å². The van der Waals surface area contributed by atoms with E-state index < -0.39 is 0 Å². The Morgan fingerprint density at radius 2 is 2.24 bits per heavy atom. The Hall–Kier alpha value is -1.63. The zero-order valence-corrected chi connectivity index (χ0v) is 12.8. The van der Waals surface area contributed by atoms with Crippen molar-refractivity contribution in [3.05, 3.63) is 15.8 Å². The topological polar surface area (TPSA) is 84.4 Å². The van der Waals surface area contributed by atoms with E-state index in [2.05, 4.69) is 10.00 Å². The van der Waals surface area contributed by atoms with Gasteiger partial charge >= 0.3 is 5.69 Å². The maximum atomic E-state index is 11.5. The molecule has 1 aliphatic rings. The fourth-order valence-corrected chi connectivity index (χ4v) is 2.87. The predicted octanol–water partition coefficient (Wildman–Crippen LogP) is 2.02. The van der Waals surface area contributed by atoms with Gasteiger partial charge in [0.25, 0.3) is 0 Å². The molecule has 21 heavy (non-hydrogen) atoms. The molecule has 0 aliphatic heterocycles. The lowest BCUT2D eigenvalue weighted by molar-refractivity contribution is -0.384. The van der Waals surface area contributed by atoms with Gasteiger partial charge in [0.15, 0.2) is 0 Å². The van der Waals surface area contributed by atoms with Crippen molar-refractivity contribution >= 4 is 11.5 Å². The first-order chi connectivity index (χ1) is 10.1. The minimum Gasteiger partial charge on any atom is -0.396 e. The second kappa shape index (κ2) is 6.89. The lowest BCUT2D eigenvalue weighted by Gasteiger charge is -2.38. The minimum atomic E-state index is -0.308. The summed E-state index contributed by atoms with van der Waals surface area (Å²) in [6.07, 6.45) is 5.32. The van der Waals surface area contributed by atoms with E-state index >= 15 is 0 Å². The molecule has 0 bridgehead atoms. The SMILES string of the molecule is CCCc1nn(C)c(N(CCCO)C2CCC2)c1[N+](=O)[O-]. The van der Waals surface area contributed by atoms with E-state index in [-0.39, 0.29) is 17.2 Å². The van der Waals surface area contributed by atoms with E-state index in [1.54, 1.807) is 11.7 Å². The monoisotopic (exact) mass is 296 g/mol. The molecule has 0 atom stereocenters. The molecule has 1 fully saturated rings. The molecule has 7 heteroatoms. The Kier molecular flexibility index (Phi) is 5.17. The molecule has 2 rings (SSSR count). The Labute approximate surface area is 124 Å². The van der Waals surface area contributed by atoms with Gasteiger partial charge in [0.2, 0.25) is 5.82 Å². The fraction of sp³-hybridized carbons (Fsp3) is 0.786. The van der Waals surface area contributed by atoms with Crippen LogP contribution in [0.1, 0.15) is 44.7 Å². The van der Waals surface area contributed by atoms with Gasteiger partial charge in [-0.2, -0.15) is 5.10 Å². The number of nitro groups is 1. The third-order valence-electron chi connectivity index (χ3n) is 4.08. The molecule has 1 saturated carbocycles. The molecule has 7 nitrogen and oxygen atoms in total. The third kappa shape index (κ3) is 3.18. The van der Waals surface area contributed by atoms with E-state index in [1.807, 2.05) is 6.92 Å². The van der Waals surface area contributed by atoms with Gasteiger partial charge in [-0.25, -0.2) is 4.68 Å². The first kappa shape index (κ1) is 15.8. The summed E-state index contributed by atoms with van der Waals surface area (Å²) in [7, 11) is 1.77. The number of aliphatic hydroxyl groups is 1. The molecule has 0 spiro atoms. The van der Waals surface area contributed by atoms with Crippen LogP contribution in [-0.4, -0.2) is 39.0 Å². The molecule has 1 N–H and O–H groups in total. The van der Waals surface area contributed by atoms with Crippen LogP contribution in [0.25, 0.3) is 0 Å². The summed E-state index contributed by atoms with van der Waals surface area (Å²) in [6, 6.07) is 0.333. The van der Waals surface area contributed by atoms with Crippen molar-refractivity contribution in [3.63, 3.8) is 0 Å². The van der Waals surface area contributed by atoms with Crippen LogP contribution in [0.2, 0.25) is 0 Å². The van der Waals surface area contributed by atoms with Crippen molar-refractivity contribution in [2.75, 3.05) is 18.1 Å². The van der Waals surface area contributed by atoms with Gasteiger partial charge in [-0.05, 0) is 32.1 Å². The number of aryl methyl sites for hydroxylation is 2. The van der Waals surface area contributed by atoms with Gasteiger partial charge in [0, 0.05) is 26.2 Å². The third-order valence-corrected chi connectivity index (χ3v) is 4.08. The molecule has 1 aromatic rings. The van der Waals surface area contributed by atoms with Crippen molar-refractivity contribution < 1.29 is 10.0 Å². The Morgan fingerprint density at radius 1 is 1.52 bits per heavy atom. The quantitative estimate of drug-likeness (QED) is 0.586. The predicted molar refractivity (Wildman–Crippen MR) is 80.5 cm³/mol. The van der Waals surface area contributed by atoms with Gasteiger partial charge in [-0.15, -0.1) is 0 Å². The molecule has 0 saturated heterocycles. The summed E-state index contributed by atoms with van der Waals surface area (Å²) >= 11 is 0. The van der Waals surface area contributed by atoms with Crippen molar-refractivity contribution in [2.24, 2.45) is 7.05 Å². The highest BCUT2D eigenvalue weighted by Crippen LogP contribution is 2.37. The number of aromatic nitrogens is 2. The Bertz CT molecular complexity index is 497. The highest BCUT2D eigenvalue weighted by Gasteiger charge is 2.35. The van der Waals surface area contributed by atoms with Crippen LogP contribution < -0.4 is 4.90 Å². The average molecular weight is 296 g/mol. The zero-order chi connectivity index (χ0) is 15.4. The zero-order valence-electron chi connectivity index (χ0n) is 12.8. The number of aliphatic hydroxyl groups excluding tert-OH is 1. The van der Waals surface area contributed by atoms with Gasteiger partial charge < -0.3 is 10.0 Å². The number of hydrogen-bond donors (Lipinski definition) is 1. The van der Waals surface area contributed by atoms with Crippen LogP contribution in [0.3, 0.4) is 0 Å². The summed E-state index contributed by atoms with van der Waals surface area (Å²) < 4.78 is 1.64.